The molecule has 1 saturated carbocycles. The van der Waals surface area contributed by atoms with Crippen molar-refractivity contribution in [2.45, 2.75) is 64.3 Å². The average molecular weight is 195 g/mol. The van der Waals surface area contributed by atoms with E-state index in [2.05, 4.69) is 19.2 Å². The fraction of sp³-hybridized carbons (Fsp3) is 1.00. The summed E-state index contributed by atoms with van der Waals surface area (Å²) < 4.78 is 0. The summed E-state index contributed by atoms with van der Waals surface area (Å²) >= 11 is 0. The summed E-state index contributed by atoms with van der Waals surface area (Å²) in [5, 5.41) is 3.82. The van der Waals surface area contributed by atoms with Crippen LogP contribution in [-0.4, -0.2) is 12.1 Å². The van der Waals surface area contributed by atoms with E-state index >= 15 is 0 Å². The monoisotopic (exact) mass is 195 g/mol. The average Bonchev–Trinajstić information content (AvgIpc) is 2.90. The Morgan fingerprint density at radius 1 is 1.43 bits per heavy atom. The Balaban J connectivity index is 1.90. The molecule has 2 aliphatic rings. The van der Waals surface area contributed by atoms with E-state index in [-0.39, 0.29) is 0 Å². The van der Waals surface area contributed by atoms with Crippen LogP contribution in [0.3, 0.4) is 0 Å². The third kappa shape index (κ3) is 2.13. The van der Waals surface area contributed by atoms with E-state index in [1.165, 1.54) is 51.5 Å². The first-order chi connectivity index (χ1) is 6.77. The Labute approximate surface area is 88.7 Å². The van der Waals surface area contributed by atoms with Gasteiger partial charge in [-0.25, -0.2) is 0 Å². The molecule has 0 aromatic carbocycles. The van der Waals surface area contributed by atoms with Crippen LogP contribution in [0, 0.1) is 11.8 Å². The van der Waals surface area contributed by atoms with Crippen molar-refractivity contribution < 1.29 is 0 Å². The van der Waals surface area contributed by atoms with E-state index in [1.54, 1.807) is 0 Å². The van der Waals surface area contributed by atoms with Crippen molar-refractivity contribution in [1.29, 1.82) is 0 Å². The summed E-state index contributed by atoms with van der Waals surface area (Å²) in [4.78, 5) is 0. The SMILES string of the molecule is CCCC(C)CC1(C2CC2)CCCN1. The molecule has 0 aromatic rings. The van der Waals surface area contributed by atoms with Crippen molar-refractivity contribution in [3.05, 3.63) is 0 Å². The molecule has 0 radical (unpaired) electrons. The number of nitrogens with one attached hydrogen (secondary N) is 1. The molecule has 2 fully saturated rings. The van der Waals surface area contributed by atoms with E-state index in [0.717, 1.165) is 11.8 Å². The smallest absolute Gasteiger partial charge is 0.0212 e. The summed E-state index contributed by atoms with van der Waals surface area (Å²) in [6.45, 7) is 6.02. The standard InChI is InChI=1S/C13H25N/c1-3-5-11(2)10-13(12-6-7-12)8-4-9-14-13/h11-12,14H,3-10H2,1-2H3. The molecule has 0 bridgehead atoms. The normalized spacial score (nSPS) is 34.7. The number of rotatable bonds is 5. The maximum Gasteiger partial charge on any atom is 0.0212 e. The molecule has 1 saturated heterocycles. The summed E-state index contributed by atoms with van der Waals surface area (Å²) in [6.07, 6.45) is 10.0. The van der Waals surface area contributed by atoms with Gasteiger partial charge in [0.05, 0.1) is 0 Å². The lowest BCUT2D eigenvalue weighted by molar-refractivity contribution is 0.250. The molecule has 1 nitrogen and oxygen atoms in total. The second-order valence-electron chi connectivity index (χ2n) is 5.56. The van der Waals surface area contributed by atoms with Crippen LogP contribution in [0.15, 0.2) is 0 Å². The molecule has 1 heteroatoms. The fourth-order valence-electron chi connectivity index (χ4n) is 3.37. The lowest BCUT2D eigenvalue weighted by Gasteiger charge is -2.32. The molecule has 0 spiro atoms. The fourth-order valence-corrected chi connectivity index (χ4v) is 3.37. The number of hydrogen-bond donors (Lipinski definition) is 1. The van der Waals surface area contributed by atoms with Gasteiger partial charge in [-0.15, -0.1) is 0 Å². The highest BCUT2D eigenvalue weighted by atomic mass is 15.0. The highest BCUT2D eigenvalue weighted by Crippen LogP contribution is 2.47. The molecular formula is C13H25N. The van der Waals surface area contributed by atoms with Gasteiger partial charge in [-0.3, -0.25) is 0 Å². The lowest BCUT2D eigenvalue weighted by Crippen LogP contribution is -2.43. The van der Waals surface area contributed by atoms with Crippen molar-refractivity contribution in [3.8, 4) is 0 Å². The van der Waals surface area contributed by atoms with Crippen molar-refractivity contribution in [3.63, 3.8) is 0 Å². The van der Waals surface area contributed by atoms with Crippen LogP contribution >= 0.6 is 0 Å². The second-order valence-corrected chi connectivity index (χ2v) is 5.56. The first-order valence-electron chi connectivity index (χ1n) is 6.52. The van der Waals surface area contributed by atoms with E-state index in [4.69, 9.17) is 0 Å². The largest absolute Gasteiger partial charge is 0.311 e. The van der Waals surface area contributed by atoms with Gasteiger partial charge in [-0.2, -0.15) is 0 Å². The van der Waals surface area contributed by atoms with Gasteiger partial charge >= 0.3 is 0 Å². The van der Waals surface area contributed by atoms with Gasteiger partial charge in [0.25, 0.3) is 0 Å². The van der Waals surface area contributed by atoms with E-state index in [0.29, 0.717) is 5.54 Å². The molecule has 1 aliphatic carbocycles. The van der Waals surface area contributed by atoms with Crippen LogP contribution in [-0.2, 0) is 0 Å². The van der Waals surface area contributed by atoms with Gasteiger partial charge in [0.1, 0.15) is 0 Å². The predicted molar refractivity (Wildman–Crippen MR) is 61.4 cm³/mol. The van der Waals surface area contributed by atoms with E-state index in [9.17, 15) is 0 Å². The topological polar surface area (TPSA) is 12.0 Å². The van der Waals surface area contributed by atoms with Crippen LogP contribution in [0.1, 0.15) is 58.8 Å². The quantitative estimate of drug-likeness (QED) is 0.709. The van der Waals surface area contributed by atoms with Crippen LogP contribution < -0.4 is 5.32 Å². The summed E-state index contributed by atoms with van der Waals surface area (Å²) in [6, 6.07) is 0. The zero-order valence-electron chi connectivity index (χ0n) is 9.81. The molecule has 2 atom stereocenters. The Hall–Kier alpha value is -0.0400. The predicted octanol–water partition coefficient (Wildman–Crippen LogP) is 3.34. The minimum Gasteiger partial charge on any atom is -0.311 e. The first-order valence-corrected chi connectivity index (χ1v) is 6.52. The van der Waals surface area contributed by atoms with Crippen LogP contribution in [0.25, 0.3) is 0 Å². The molecule has 2 unspecified atom stereocenters. The third-order valence-electron chi connectivity index (χ3n) is 4.13. The van der Waals surface area contributed by atoms with Crippen molar-refractivity contribution in [2.24, 2.45) is 11.8 Å². The van der Waals surface area contributed by atoms with Crippen LogP contribution in [0.5, 0.6) is 0 Å². The first kappa shape index (κ1) is 10.5. The zero-order valence-corrected chi connectivity index (χ0v) is 9.81. The Bertz CT molecular complexity index is 178. The van der Waals surface area contributed by atoms with E-state index < -0.39 is 0 Å². The summed E-state index contributed by atoms with van der Waals surface area (Å²) in [5.41, 5.74) is 0.578. The molecular weight excluding hydrogens is 170 g/mol. The summed E-state index contributed by atoms with van der Waals surface area (Å²) in [5.74, 6) is 1.95. The molecule has 2 rings (SSSR count). The molecule has 82 valence electrons. The third-order valence-corrected chi connectivity index (χ3v) is 4.13. The van der Waals surface area contributed by atoms with Crippen molar-refractivity contribution in [2.75, 3.05) is 6.54 Å². The Morgan fingerprint density at radius 2 is 2.21 bits per heavy atom. The van der Waals surface area contributed by atoms with Gasteiger partial charge < -0.3 is 5.32 Å². The molecule has 1 N–H and O–H groups in total. The van der Waals surface area contributed by atoms with Crippen LogP contribution in [0.4, 0.5) is 0 Å². The van der Waals surface area contributed by atoms with Gasteiger partial charge in [0.2, 0.25) is 0 Å². The minimum absolute atomic E-state index is 0.578. The lowest BCUT2D eigenvalue weighted by atomic mass is 9.81. The second kappa shape index (κ2) is 4.22. The van der Waals surface area contributed by atoms with Gasteiger partial charge in [-0.1, -0.05) is 26.7 Å². The highest BCUT2D eigenvalue weighted by Gasteiger charge is 2.46. The van der Waals surface area contributed by atoms with Crippen molar-refractivity contribution in [1.82, 2.24) is 5.32 Å². The summed E-state index contributed by atoms with van der Waals surface area (Å²) in [7, 11) is 0. The molecule has 0 amide bonds. The Morgan fingerprint density at radius 3 is 2.71 bits per heavy atom. The number of hydrogen-bond acceptors (Lipinski definition) is 1. The van der Waals surface area contributed by atoms with E-state index in [1.807, 2.05) is 0 Å². The molecule has 0 aromatic heterocycles. The molecule has 1 aliphatic heterocycles. The van der Waals surface area contributed by atoms with Gasteiger partial charge in [0, 0.05) is 5.54 Å². The van der Waals surface area contributed by atoms with Gasteiger partial charge in [-0.05, 0) is 50.5 Å². The maximum atomic E-state index is 3.82. The Kier molecular flexibility index (Phi) is 3.16. The maximum absolute atomic E-state index is 3.82. The zero-order chi connectivity index (χ0) is 10.0. The minimum atomic E-state index is 0.578. The highest BCUT2D eigenvalue weighted by molar-refractivity contribution is 5.04. The van der Waals surface area contributed by atoms with Crippen molar-refractivity contribution >= 4 is 0 Å². The van der Waals surface area contributed by atoms with Crippen LogP contribution in [0.2, 0.25) is 0 Å². The molecule has 14 heavy (non-hydrogen) atoms. The molecule has 1 heterocycles. The van der Waals surface area contributed by atoms with Gasteiger partial charge in [0.15, 0.2) is 0 Å².